The number of carbonyl (C=O) groups is 1. The van der Waals surface area contributed by atoms with Crippen molar-refractivity contribution in [3.8, 4) is 0 Å². The Morgan fingerprint density at radius 1 is 1.48 bits per heavy atom. The molecule has 1 saturated heterocycles. The van der Waals surface area contributed by atoms with Crippen LogP contribution in [-0.4, -0.2) is 58.6 Å². The number of rotatable bonds is 6. The summed E-state index contributed by atoms with van der Waals surface area (Å²) in [5.41, 5.74) is 0.799. The Kier molecular flexibility index (Phi) is 4.99. The highest BCUT2D eigenvalue weighted by atomic mass is 32.1. The molecule has 0 saturated carbocycles. The maximum atomic E-state index is 12.3. The van der Waals surface area contributed by atoms with Gasteiger partial charge in [-0.2, -0.15) is 0 Å². The van der Waals surface area contributed by atoms with Gasteiger partial charge in [0.05, 0.1) is 25.3 Å². The lowest BCUT2D eigenvalue weighted by Crippen LogP contribution is -2.57. The number of nitrogens with one attached hydrogen (secondary N) is 1. The molecule has 6 nitrogen and oxygen atoms in total. The van der Waals surface area contributed by atoms with Crippen LogP contribution in [0, 0.1) is 0 Å². The van der Waals surface area contributed by atoms with Gasteiger partial charge in [-0.25, -0.2) is 4.98 Å². The molecule has 23 heavy (non-hydrogen) atoms. The highest BCUT2D eigenvalue weighted by Crippen LogP contribution is 2.20. The summed E-state index contributed by atoms with van der Waals surface area (Å²) in [4.78, 5) is 20.1. The molecule has 1 fully saturated rings. The average molecular weight is 336 g/mol. The zero-order valence-corrected chi connectivity index (χ0v) is 14.6. The topological polar surface area (TPSA) is 58.9 Å². The molecule has 0 bridgehead atoms. The summed E-state index contributed by atoms with van der Waals surface area (Å²) < 4.78 is 7.38. The molecule has 0 spiro atoms. The summed E-state index contributed by atoms with van der Waals surface area (Å²) in [5.74, 6) is 0.0312. The van der Waals surface area contributed by atoms with E-state index < -0.39 is 0 Å². The molecule has 3 heterocycles. The highest BCUT2D eigenvalue weighted by molar-refractivity contribution is 7.15. The van der Waals surface area contributed by atoms with Gasteiger partial charge in [-0.1, -0.05) is 6.92 Å². The van der Waals surface area contributed by atoms with Crippen molar-refractivity contribution in [1.29, 1.82) is 0 Å². The Labute approximate surface area is 140 Å². The summed E-state index contributed by atoms with van der Waals surface area (Å²) in [6.45, 7) is 8.44. The Morgan fingerprint density at radius 3 is 2.96 bits per heavy atom. The molecule has 0 aliphatic carbocycles. The summed E-state index contributed by atoms with van der Waals surface area (Å²) >= 11 is 1.58. The fourth-order valence-corrected chi connectivity index (χ4v) is 3.66. The van der Waals surface area contributed by atoms with E-state index in [1.807, 2.05) is 22.2 Å². The van der Waals surface area contributed by atoms with Crippen LogP contribution in [0.4, 0.5) is 0 Å². The van der Waals surface area contributed by atoms with Gasteiger partial charge in [0, 0.05) is 42.9 Å². The lowest BCUT2D eigenvalue weighted by Gasteiger charge is -2.43. The predicted molar refractivity (Wildman–Crippen MR) is 90.9 cm³/mol. The number of morpholine rings is 1. The SMILES string of the molecule is CC[C@](C)(CNC(=O)Cc1cn2ccsc2n1)N1CCOCC1. The molecular formula is C16H24N4O2S. The fourth-order valence-electron chi connectivity index (χ4n) is 2.94. The second-order valence-corrected chi connectivity index (χ2v) is 7.10. The predicted octanol–water partition coefficient (Wildman–Crippen LogP) is 1.56. The van der Waals surface area contributed by atoms with Gasteiger partial charge in [-0.3, -0.25) is 14.1 Å². The molecule has 7 heteroatoms. The fraction of sp³-hybridized carbons (Fsp3) is 0.625. The maximum absolute atomic E-state index is 12.3. The number of fused-ring (bicyclic) bond motifs is 1. The normalized spacial score (nSPS) is 18.9. The van der Waals surface area contributed by atoms with Crippen molar-refractivity contribution in [2.24, 2.45) is 0 Å². The van der Waals surface area contributed by atoms with E-state index in [-0.39, 0.29) is 11.4 Å². The van der Waals surface area contributed by atoms with Gasteiger partial charge in [-0.05, 0) is 13.3 Å². The first kappa shape index (κ1) is 16.4. The van der Waals surface area contributed by atoms with Crippen LogP contribution in [0.5, 0.6) is 0 Å². The van der Waals surface area contributed by atoms with E-state index in [2.05, 4.69) is 29.0 Å². The molecule has 1 atom stereocenters. The van der Waals surface area contributed by atoms with E-state index in [0.29, 0.717) is 13.0 Å². The lowest BCUT2D eigenvalue weighted by atomic mass is 9.95. The van der Waals surface area contributed by atoms with Crippen LogP contribution in [-0.2, 0) is 16.0 Å². The molecule has 0 aromatic carbocycles. The lowest BCUT2D eigenvalue weighted by molar-refractivity contribution is -0.121. The molecule has 0 radical (unpaired) electrons. The van der Waals surface area contributed by atoms with Crippen LogP contribution < -0.4 is 5.32 Å². The third-order valence-corrected chi connectivity index (χ3v) is 5.46. The maximum Gasteiger partial charge on any atom is 0.226 e. The minimum absolute atomic E-state index is 0.0199. The Bertz CT molecular complexity index is 633. The molecule has 2 aromatic heterocycles. The molecule has 1 aliphatic heterocycles. The minimum atomic E-state index is -0.0199. The summed E-state index contributed by atoms with van der Waals surface area (Å²) in [6, 6.07) is 0. The third-order valence-electron chi connectivity index (χ3n) is 4.69. The number of aromatic nitrogens is 2. The summed E-state index contributed by atoms with van der Waals surface area (Å²) in [7, 11) is 0. The number of nitrogens with zero attached hydrogens (tertiary/aromatic N) is 3. The molecular weight excluding hydrogens is 312 g/mol. The zero-order chi connectivity index (χ0) is 16.3. The van der Waals surface area contributed by atoms with Crippen molar-refractivity contribution in [2.45, 2.75) is 32.2 Å². The summed E-state index contributed by atoms with van der Waals surface area (Å²) in [6.07, 6.45) is 5.21. The Balaban J connectivity index is 1.55. The number of thiazole rings is 1. The van der Waals surface area contributed by atoms with E-state index >= 15 is 0 Å². The van der Waals surface area contributed by atoms with Crippen molar-refractivity contribution in [3.05, 3.63) is 23.5 Å². The van der Waals surface area contributed by atoms with Crippen molar-refractivity contribution in [1.82, 2.24) is 19.6 Å². The summed E-state index contributed by atoms with van der Waals surface area (Å²) in [5, 5.41) is 5.08. The van der Waals surface area contributed by atoms with Crippen LogP contribution >= 0.6 is 11.3 Å². The quantitative estimate of drug-likeness (QED) is 0.870. The molecule has 3 rings (SSSR count). The van der Waals surface area contributed by atoms with E-state index in [4.69, 9.17) is 4.74 Å². The highest BCUT2D eigenvalue weighted by Gasteiger charge is 2.31. The van der Waals surface area contributed by atoms with Crippen LogP contribution in [0.3, 0.4) is 0 Å². The van der Waals surface area contributed by atoms with E-state index in [0.717, 1.165) is 43.4 Å². The Morgan fingerprint density at radius 2 is 2.26 bits per heavy atom. The van der Waals surface area contributed by atoms with Crippen molar-refractivity contribution in [3.63, 3.8) is 0 Å². The number of amides is 1. The van der Waals surface area contributed by atoms with Gasteiger partial charge < -0.3 is 10.1 Å². The average Bonchev–Trinajstić information content (AvgIpc) is 3.15. The van der Waals surface area contributed by atoms with Gasteiger partial charge in [0.2, 0.25) is 5.91 Å². The van der Waals surface area contributed by atoms with E-state index in [1.165, 1.54) is 0 Å². The van der Waals surface area contributed by atoms with Gasteiger partial charge in [0.15, 0.2) is 4.96 Å². The number of carbonyl (C=O) groups excluding carboxylic acids is 1. The largest absolute Gasteiger partial charge is 0.379 e. The standard InChI is InChI=1S/C16H24N4O2S/c1-3-16(2,20-4-7-22-8-5-20)12-17-14(21)10-13-11-19-6-9-23-15(19)18-13/h6,9,11H,3-5,7-8,10,12H2,1-2H3,(H,17,21)/t16-/m1/s1. The van der Waals surface area contributed by atoms with Gasteiger partial charge in [0.1, 0.15) is 0 Å². The second kappa shape index (κ2) is 6.98. The zero-order valence-electron chi connectivity index (χ0n) is 13.7. The van der Waals surface area contributed by atoms with Crippen molar-refractivity contribution in [2.75, 3.05) is 32.8 Å². The Hall–Kier alpha value is -1.44. The van der Waals surface area contributed by atoms with Crippen molar-refractivity contribution < 1.29 is 9.53 Å². The van der Waals surface area contributed by atoms with Gasteiger partial charge in [0.25, 0.3) is 0 Å². The number of ether oxygens (including phenoxy) is 1. The van der Waals surface area contributed by atoms with Gasteiger partial charge in [-0.15, -0.1) is 11.3 Å². The third kappa shape index (κ3) is 3.73. The molecule has 1 amide bonds. The van der Waals surface area contributed by atoms with E-state index in [1.54, 1.807) is 11.3 Å². The van der Waals surface area contributed by atoms with Crippen LogP contribution in [0.1, 0.15) is 26.0 Å². The molecule has 1 N–H and O–H groups in total. The van der Waals surface area contributed by atoms with Crippen LogP contribution in [0.2, 0.25) is 0 Å². The van der Waals surface area contributed by atoms with Gasteiger partial charge >= 0.3 is 0 Å². The smallest absolute Gasteiger partial charge is 0.226 e. The molecule has 126 valence electrons. The monoisotopic (exact) mass is 336 g/mol. The molecule has 2 aromatic rings. The number of hydrogen-bond donors (Lipinski definition) is 1. The first-order valence-corrected chi connectivity index (χ1v) is 8.99. The van der Waals surface area contributed by atoms with Crippen molar-refractivity contribution >= 4 is 22.2 Å². The molecule has 0 unspecified atom stereocenters. The minimum Gasteiger partial charge on any atom is -0.379 e. The van der Waals surface area contributed by atoms with Crippen LogP contribution in [0.25, 0.3) is 4.96 Å². The first-order valence-electron chi connectivity index (χ1n) is 8.11. The number of imidazole rings is 1. The molecule has 1 aliphatic rings. The van der Waals surface area contributed by atoms with Crippen LogP contribution in [0.15, 0.2) is 17.8 Å². The van der Waals surface area contributed by atoms with E-state index in [9.17, 15) is 4.79 Å². The second-order valence-electron chi connectivity index (χ2n) is 6.23. The first-order chi connectivity index (χ1) is 11.1. The number of hydrogen-bond acceptors (Lipinski definition) is 5.